The molecule has 0 fully saturated rings. The summed E-state index contributed by atoms with van der Waals surface area (Å²) in [6, 6.07) is 6.01. The predicted octanol–water partition coefficient (Wildman–Crippen LogP) is 2.53. The van der Waals surface area contributed by atoms with Gasteiger partial charge in [-0.25, -0.2) is 0 Å². The maximum Gasteiger partial charge on any atom is 0.230 e. The van der Waals surface area contributed by atoms with Crippen molar-refractivity contribution in [1.82, 2.24) is 25.5 Å². The molecular formula is C16H23N5OS. The molecule has 1 N–H and O–H groups in total. The van der Waals surface area contributed by atoms with Crippen molar-refractivity contribution < 1.29 is 4.79 Å². The van der Waals surface area contributed by atoms with Crippen molar-refractivity contribution in [2.24, 2.45) is 5.92 Å². The Morgan fingerprint density at radius 1 is 1.35 bits per heavy atom. The van der Waals surface area contributed by atoms with E-state index in [1.807, 2.05) is 19.1 Å². The minimum absolute atomic E-state index is 0.00571. The van der Waals surface area contributed by atoms with E-state index in [4.69, 9.17) is 0 Å². The van der Waals surface area contributed by atoms with E-state index in [1.165, 1.54) is 17.3 Å². The van der Waals surface area contributed by atoms with E-state index in [-0.39, 0.29) is 5.91 Å². The first-order chi connectivity index (χ1) is 11.0. The van der Waals surface area contributed by atoms with Gasteiger partial charge in [-0.05, 0) is 53.8 Å². The fourth-order valence-corrected chi connectivity index (χ4v) is 2.78. The molecule has 0 spiro atoms. The third kappa shape index (κ3) is 4.79. The van der Waals surface area contributed by atoms with Gasteiger partial charge in [0.2, 0.25) is 11.1 Å². The number of rotatable bonds is 7. The molecule has 0 saturated heterocycles. The number of nitrogens with one attached hydrogen (secondary N) is 1. The first-order valence-electron chi connectivity index (χ1n) is 7.73. The van der Waals surface area contributed by atoms with Crippen molar-refractivity contribution in [2.75, 3.05) is 12.3 Å². The summed E-state index contributed by atoms with van der Waals surface area (Å²) < 4.78 is 1.69. The van der Waals surface area contributed by atoms with Crippen molar-refractivity contribution in [1.29, 1.82) is 0 Å². The molecule has 2 rings (SSSR count). The molecule has 1 aromatic carbocycles. The number of thioether (sulfide) groups is 1. The van der Waals surface area contributed by atoms with Gasteiger partial charge in [0, 0.05) is 6.54 Å². The number of nitrogens with zero attached hydrogens (tertiary/aromatic N) is 4. The number of hydrogen-bond donors (Lipinski definition) is 1. The van der Waals surface area contributed by atoms with Crippen LogP contribution in [0.3, 0.4) is 0 Å². The molecule has 1 heterocycles. The second kappa shape index (κ2) is 8.10. The Morgan fingerprint density at radius 3 is 2.87 bits per heavy atom. The highest BCUT2D eigenvalue weighted by Gasteiger charge is 2.13. The molecule has 1 amide bonds. The van der Waals surface area contributed by atoms with Crippen LogP contribution in [0.5, 0.6) is 0 Å². The number of amides is 1. The normalized spacial score (nSPS) is 11.0. The van der Waals surface area contributed by atoms with Crippen LogP contribution in [-0.4, -0.2) is 38.4 Å². The van der Waals surface area contributed by atoms with Crippen molar-refractivity contribution in [3.05, 3.63) is 29.3 Å². The van der Waals surface area contributed by atoms with Gasteiger partial charge in [-0.3, -0.25) is 4.79 Å². The molecule has 0 aliphatic carbocycles. The lowest BCUT2D eigenvalue weighted by molar-refractivity contribution is -0.118. The quantitative estimate of drug-likeness (QED) is 0.788. The summed E-state index contributed by atoms with van der Waals surface area (Å²) in [7, 11) is 0. The van der Waals surface area contributed by atoms with Gasteiger partial charge in [-0.2, -0.15) is 4.68 Å². The standard InChI is InChI=1S/C16H23N5OS/c1-11(2)8-9-17-15(22)10-23-16-18-19-20-21(16)14-7-5-6-12(3)13(14)4/h5-7,11H,8-10H2,1-4H3,(H,17,22). The number of benzene rings is 1. The second-order valence-corrected chi connectivity index (χ2v) is 6.86. The first-order valence-corrected chi connectivity index (χ1v) is 8.72. The smallest absolute Gasteiger partial charge is 0.230 e. The molecule has 124 valence electrons. The maximum atomic E-state index is 11.9. The van der Waals surface area contributed by atoms with Crippen molar-refractivity contribution >= 4 is 17.7 Å². The van der Waals surface area contributed by atoms with Crippen molar-refractivity contribution in [3.8, 4) is 5.69 Å². The highest BCUT2D eigenvalue weighted by molar-refractivity contribution is 7.99. The van der Waals surface area contributed by atoms with Gasteiger partial charge in [0.1, 0.15) is 0 Å². The highest BCUT2D eigenvalue weighted by Crippen LogP contribution is 2.22. The number of aryl methyl sites for hydroxylation is 1. The Labute approximate surface area is 141 Å². The Hall–Kier alpha value is -1.89. The van der Waals surface area contributed by atoms with Crippen LogP contribution in [0.4, 0.5) is 0 Å². The lowest BCUT2D eigenvalue weighted by Gasteiger charge is -2.10. The molecule has 0 aliphatic rings. The largest absolute Gasteiger partial charge is 0.355 e. The number of carbonyl (C=O) groups is 1. The van der Waals surface area contributed by atoms with Gasteiger partial charge in [0.25, 0.3) is 0 Å². The molecular weight excluding hydrogens is 310 g/mol. The molecule has 7 heteroatoms. The second-order valence-electron chi connectivity index (χ2n) is 5.91. The van der Waals surface area contributed by atoms with E-state index in [9.17, 15) is 4.79 Å². The molecule has 0 bridgehead atoms. The minimum atomic E-state index is 0.00571. The van der Waals surface area contributed by atoms with Gasteiger partial charge in [0.05, 0.1) is 11.4 Å². The van der Waals surface area contributed by atoms with Gasteiger partial charge in [0.15, 0.2) is 0 Å². The van der Waals surface area contributed by atoms with E-state index in [0.717, 1.165) is 17.7 Å². The zero-order chi connectivity index (χ0) is 16.8. The van der Waals surface area contributed by atoms with Crippen LogP contribution in [0.15, 0.2) is 23.4 Å². The van der Waals surface area contributed by atoms with Gasteiger partial charge in [-0.1, -0.05) is 37.7 Å². The highest BCUT2D eigenvalue weighted by atomic mass is 32.2. The van der Waals surface area contributed by atoms with Crippen LogP contribution in [0.1, 0.15) is 31.4 Å². The molecule has 1 aromatic heterocycles. The summed E-state index contributed by atoms with van der Waals surface area (Å²) in [6.07, 6.45) is 0.983. The number of carbonyl (C=O) groups excluding carboxylic acids is 1. The van der Waals surface area contributed by atoms with E-state index in [0.29, 0.717) is 23.4 Å². The lowest BCUT2D eigenvalue weighted by Crippen LogP contribution is -2.27. The van der Waals surface area contributed by atoms with E-state index < -0.39 is 0 Å². The summed E-state index contributed by atoms with van der Waals surface area (Å²) in [5.41, 5.74) is 3.25. The predicted molar refractivity (Wildman–Crippen MR) is 91.8 cm³/mol. The lowest BCUT2D eigenvalue weighted by atomic mass is 10.1. The number of tetrazole rings is 1. The third-order valence-corrected chi connectivity index (χ3v) is 4.54. The van der Waals surface area contributed by atoms with Crippen LogP contribution in [-0.2, 0) is 4.79 Å². The van der Waals surface area contributed by atoms with Crippen LogP contribution < -0.4 is 5.32 Å². The molecule has 0 unspecified atom stereocenters. The van der Waals surface area contributed by atoms with Crippen molar-refractivity contribution in [2.45, 2.75) is 39.3 Å². The zero-order valence-electron chi connectivity index (χ0n) is 14.0. The van der Waals surface area contributed by atoms with Crippen molar-refractivity contribution in [3.63, 3.8) is 0 Å². The van der Waals surface area contributed by atoms with Crippen LogP contribution >= 0.6 is 11.8 Å². The Kier molecular flexibility index (Phi) is 6.15. The molecule has 23 heavy (non-hydrogen) atoms. The summed E-state index contributed by atoms with van der Waals surface area (Å²) in [5, 5.41) is 15.4. The van der Waals surface area contributed by atoms with E-state index >= 15 is 0 Å². The minimum Gasteiger partial charge on any atom is -0.355 e. The van der Waals surface area contributed by atoms with Gasteiger partial charge < -0.3 is 5.32 Å². The van der Waals surface area contributed by atoms with Crippen LogP contribution in [0.2, 0.25) is 0 Å². The third-order valence-electron chi connectivity index (χ3n) is 3.62. The number of hydrogen-bond acceptors (Lipinski definition) is 5. The zero-order valence-corrected chi connectivity index (χ0v) is 14.9. The van der Waals surface area contributed by atoms with Crippen LogP contribution in [0, 0.1) is 19.8 Å². The van der Waals surface area contributed by atoms with E-state index in [1.54, 1.807) is 4.68 Å². The average molecular weight is 333 g/mol. The summed E-state index contributed by atoms with van der Waals surface area (Å²) >= 11 is 1.34. The molecule has 0 aliphatic heterocycles. The monoisotopic (exact) mass is 333 g/mol. The topological polar surface area (TPSA) is 72.7 Å². The van der Waals surface area contributed by atoms with Gasteiger partial charge >= 0.3 is 0 Å². The first kappa shape index (κ1) is 17.5. The maximum absolute atomic E-state index is 11.9. The summed E-state index contributed by atoms with van der Waals surface area (Å²) in [6.45, 7) is 9.08. The van der Waals surface area contributed by atoms with Crippen LogP contribution in [0.25, 0.3) is 5.69 Å². The molecule has 2 aromatic rings. The molecule has 6 nitrogen and oxygen atoms in total. The summed E-state index contributed by atoms with van der Waals surface area (Å²) in [5.74, 6) is 0.897. The number of aromatic nitrogens is 4. The van der Waals surface area contributed by atoms with Gasteiger partial charge in [-0.15, -0.1) is 5.10 Å². The fraction of sp³-hybridized carbons (Fsp3) is 0.500. The average Bonchev–Trinajstić information content (AvgIpc) is 2.96. The molecule has 0 saturated carbocycles. The summed E-state index contributed by atoms with van der Waals surface area (Å²) in [4.78, 5) is 11.9. The molecule has 0 radical (unpaired) electrons. The Bertz CT molecular complexity index is 668. The SMILES string of the molecule is Cc1cccc(-n2nnnc2SCC(=O)NCCC(C)C)c1C. The molecule has 0 atom stereocenters. The Balaban J connectivity index is 1.99. The van der Waals surface area contributed by atoms with E-state index in [2.05, 4.69) is 47.7 Å². The Morgan fingerprint density at radius 2 is 2.13 bits per heavy atom. The fourth-order valence-electron chi connectivity index (χ4n) is 2.07.